The molecule has 70 valence electrons. The molecule has 1 saturated heterocycles. The van der Waals surface area contributed by atoms with Crippen molar-refractivity contribution in [2.75, 3.05) is 18.1 Å². The van der Waals surface area contributed by atoms with E-state index in [0.717, 1.165) is 0 Å². The molecule has 0 spiro atoms. The number of rotatable bonds is 3. The third-order valence-electron chi connectivity index (χ3n) is 1.76. The van der Waals surface area contributed by atoms with E-state index < -0.39 is 0 Å². The molecule has 0 unspecified atom stereocenters. The molecule has 0 aliphatic carbocycles. The highest BCUT2D eigenvalue weighted by atomic mass is 32.2. The fourth-order valence-electron chi connectivity index (χ4n) is 1.11. The topological polar surface area (TPSA) is 37.4 Å². The number of amides is 2. The first-order chi connectivity index (χ1) is 6.25. The lowest BCUT2D eigenvalue weighted by molar-refractivity contribution is -0.142. The molecule has 0 aromatic heterocycles. The number of nitrogens with zero attached hydrogens (tertiary/aromatic N) is 1. The van der Waals surface area contributed by atoms with Crippen molar-refractivity contribution >= 4 is 23.6 Å². The van der Waals surface area contributed by atoms with E-state index in [4.69, 9.17) is 6.42 Å². The van der Waals surface area contributed by atoms with Gasteiger partial charge in [0.05, 0.1) is 11.5 Å². The average molecular weight is 197 g/mol. The Morgan fingerprint density at radius 2 is 2.00 bits per heavy atom. The van der Waals surface area contributed by atoms with Crippen molar-refractivity contribution in [1.82, 2.24) is 4.90 Å². The SMILES string of the molecule is C#CCCCN1C(=O)CSCC1=O. The lowest BCUT2D eigenvalue weighted by atomic mass is 10.3. The van der Waals surface area contributed by atoms with Crippen LogP contribution in [0.4, 0.5) is 0 Å². The second-order valence-electron chi connectivity index (χ2n) is 2.74. The van der Waals surface area contributed by atoms with Crippen molar-refractivity contribution in [2.45, 2.75) is 12.8 Å². The van der Waals surface area contributed by atoms with E-state index in [1.165, 1.54) is 16.7 Å². The molecule has 0 saturated carbocycles. The van der Waals surface area contributed by atoms with Gasteiger partial charge in [0, 0.05) is 13.0 Å². The minimum Gasteiger partial charge on any atom is -0.281 e. The Balaban J connectivity index is 2.41. The Hall–Kier alpha value is -0.950. The number of carbonyl (C=O) groups is 2. The van der Waals surface area contributed by atoms with Crippen LogP contribution < -0.4 is 0 Å². The molecule has 0 aromatic carbocycles. The number of hydrogen-bond donors (Lipinski definition) is 0. The minimum atomic E-state index is -0.0849. The molecule has 0 atom stereocenters. The van der Waals surface area contributed by atoms with Gasteiger partial charge in [-0.05, 0) is 6.42 Å². The molecule has 2 amide bonds. The van der Waals surface area contributed by atoms with Gasteiger partial charge in [-0.3, -0.25) is 14.5 Å². The summed E-state index contributed by atoms with van der Waals surface area (Å²) < 4.78 is 0. The molecule has 0 aromatic rings. The molecule has 0 bridgehead atoms. The van der Waals surface area contributed by atoms with E-state index in [0.29, 0.717) is 30.9 Å². The van der Waals surface area contributed by atoms with Gasteiger partial charge in [-0.15, -0.1) is 24.1 Å². The summed E-state index contributed by atoms with van der Waals surface area (Å²) in [5.74, 6) is 3.15. The number of imide groups is 1. The van der Waals surface area contributed by atoms with Gasteiger partial charge in [0.25, 0.3) is 0 Å². The molecule has 4 heteroatoms. The predicted octanol–water partition coefficient (Wildman–Crippen LogP) is 0.502. The van der Waals surface area contributed by atoms with Gasteiger partial charge in [-0.25, -0.2) is 0 Å². The normalized spacial score (nSPS) is 17.3. The first-order valence-corrected chi connectivity index (χ1v) is 5.25. The molecule has 0 N–H and O–H groups in total. The zero-order valence-corrected chi connectivity index (χ0v) is 8.10. The largest absolute Gasteiger partial charge is 0.281 e. The van der Waals surface area contributed by atoms with Crippen molar-refractivity contribution in [3.05, 3.63) is 0 Å². The Morgan fingerprint density at radius 1 is 1.38 bits per heavy atom. The summed E-state index contributed by atoms with van der Waals surface area (Å²) in [4.78, 5) is 23.8. The fraction of sp³-hybridized carbons (Fsp3) is 0.556. The highest BCUT2D eigenvalue weighted by molar-refractivity contribution is 8.00. The number of hydrogen-bond acceptors (Lipinski definition) is 3. The lowest BCUT2D eigenvalue weighted by Gasteiger charge is -2.23. The van der Waals surface area contributed by atoms with Crippen molar-refractivity contribution in [2.24, 2.45) is 0 Å². The summed E-state index contributed by atoms with van der Waals surface area (Å²) in [5.41, 5.74) is 0. The van der Waals surface area contributed by atoms with Crippen LogP contribution in [0, 0.1) is 12.3 Å². The summed E-state index contributed by atoms with van der Waals surface area (Å²) in [6.45, 7) is 0.475. The van der Waals surface area contributed by atoms with Crippen molar-refractivity contribution < 1.29 is 9.59 Å². The summed E-state index contributed by atoms with van der Waals surface area (Å²) in [7, 11) is 0. The quantitative estimate of drug-likeness (QED) is 0.375. The number of carbonyl (C=O) groups excluding carboxylic acids is 2. The molecule has 0 radical (unpaired) electrons. The average Bonchev–Trinajstić information content (AvgIpc) is 2.10. The van der Waals surface area contributed by atoms with Crippen LogP contribution in [0.25, 0.3) is 0 Å². The number of terminal acetylenes is 1. The summed E-state index contributed by atoms with van der Waals surface area (Å²) in [5, 5.41) is 0. The van der Waals surface area contributed by atoms with Gasteiger partial charge in [-0.1, -0.05) is 0 Å². The van der Waals surface area contributed by atoms with Gasteiger partial charge < -0.3 is 0 Å². The van der Waals surface area contributed by atoms with Crippen LogP contribution in [0.5, 0.6) is 0 Å². The van der Waals surface area contributed by atoms with Crippen LogP contribution >= 0.6 is 11.8 Å². The van der Waals surface area contributed by atoms with E-state index in [2.05, 4.69) is 5.92 Å². The van der Waals surface area contributed by atoms with Crippen molar-refractivity contribution in [1.29, 1.82) is 0 Å². The van der Waals surface area contributed by atoms with Crippen LogP contribution in [-0.4, -0.2) is 34.8 Å². The second-order valence-corrected chi connectivity index (χ2v) is 3.73. The van der Waals surface area contributed by atoms with Crippen LogP contribution in [0.2, 0.25) is 0 Å². The Morgan fingerprint density at radius 3 is 2.54 bits per heavy atom. The molecule has 1 aliphatic heterocycles. The van der Waals surface area contributed by atoms with E-state index in [1.54, 1.807) is 0 Å². The molecule has 3 nitrogen and oxygen atoms in total. The van der Waals surface area contributed by atoms with Crippen LogP contribution in [0.1, 0.15) is 12.8 Å². The molecule has 13 heavy (non-hydrogen) atoms. The van der Waals surface area contributed by atoms with Crippen molar-refractivity contribution in [3.8, 4) is 12.3 Å². The number of unbranched alkanes of at least 4 members (excludes halogenated alkanes) is 1. The van der Waals surface area contributed by atoms with Gasteiger partial charge in [0.1, 0.15) is 0 Å². The predicted molar refractivity (Wildman–Crippen MR) is 52.1 cm³/mol. The Labute approximate surface area is 81.9 Å². The molecule has 1 aliphatic rings. The first kappa shape index (κ1) is 10.1. The zero-order valence-electron chi connectivity index (χ0n) is 7.28. The second kappa shape index (κ2) is 4.93. The lowest BCUT2D eigenvalue weighted by Crippen LogP contribution is -2.43. The zero-order chi connectivity index (χ0) is 9.68. The molecule has 1 rings (SSSR count). The van der Waals surface area contributed by atoms with Gasteiger partial charge in [0.2, 0.25) is 11.8 Å². The summed E-state index contributed by atoms with van der Waals surface area (Å²) in [6.07, 6.45) is 6.39. The van der Waals surface area contributed by atoms with E-state index >= 15 is 0 Å². The monoisotopic (exact) mass is 197 g/mol. The van der Waals surface area contributed by atoms with E-state index in [9.17, 15) is 9.59 Å². The van der Waals surface area contributed by atoms with Crippen LogP contribution in [-0.2, 0) is 9.59 Å². The smallest absolute Gasteiger partial charge is 0.239 e. The van der Waals surface area contributed by atoms with Crippen LogP contribution in [0.15, 0.2) is 0 Å². The Kier molecular flexibility index (Phi) is 3.84. The van der Waals surface area contributed by atoms with Gasteiger partial charge in [-0.2, -0.15) is 0 Å². The van der Waals surface area contributed by atoms with Gasteiger partial charge >= 0.3 is 0 Å². The summed E-state index contributed by atoms with van der Waals surface area (Å²) in [6, 6.07) is 0. The molecule has 1 heterocycles. The molecular formula is C9H11NO2S. The third-order valence-corrected chi connectivity index (χ3v) is 2.66. The number of thioether (sulfide) groups is 1. The van der Waals surface area contributed by atoms with E-state index in [-0.39, 0.29) is 11.8 Å². The van der Waals surface area contributed by atoms with Gasteiger partial charge in [0.15, 0.2) is 0 Å². The maximum atomic E-state index is 11.2. The highest BCUT2D eigenvalue weighted by Gasteiger charge is 2.25. The third kappa shape index (κ3) is 2.78. The van der Waals surface area contributed by atoms with Crippen molar-refractivity contribution in [3.63, 3.8) is 0 Å². The molecule has 1 fully saturated rings. The maximum Gasteiger partial charge on any atom is 0.239 e. The fourth-order valence-corrected chi connectivity index (χ4v) is 1.87. The first-order valence-electron chi connectivity index (χ1n) is 4.10. The summed E-state index contributed by atoms with van der Waals surface area (Å²) >= 11 is 1.37. The maximum absolute atomic E-state index is 11.2. The van der Waals surface area contributed by atoms with E-state index in [1.807, 2.05) is 0 Å². The molecular weight excluding hydrogens is 186 g/mol. The standard InChI is InChI=1S/C9H11NO2S/c1-2-3-4-5-10-8(11)6-13-7-9(10)12/h1H,3-7H2. The Bertz CT molecular complexity index is 241. The highest BCUT2D eigenvalue weighted by Crippen LogP contribution is 2.12. The van der Waals surface area contributed by atoms with Crippen LogP contribution in [0.3, 0.4) is 0 Å². The minimum absolute atomic E-state index is 0.0849.